The molecule has 2 heterocycles. The van der Waals surface area contributed by atoms with Gasteiger partial charge in [-0.3, -0.25) is 0 Å². The Bertz CT molecular complexity index is 1060. The average molecular weight is 439 g/mol. The van der Waals surface area contributed by atoms with Crippen molar-refractivity contribution < 1.29 is 19.3 Å². The van der Waals surface area contributed by atoms with Gasteiger partial charge in [0.15, 0.2) is 17.7 Å². The first kappa shape index (κ1) is 20.6. The average Bonchev–Trinajstić information content (AvgIpc) is 3.35. The fourth-order valence-electron chi connectivity index (χ4n) is 8.72. The van der Waals surface area contributed by atoms with E-state index in [1.54, 1.807) is 14.2 Å². The summed E-state index contributed by atoms with van der Waals surface area (Å²) < 4.78 is 19.1. The molecule has 2 aliphatic heterocycles. The molecule has 6 heteroatoms. The van der Waals surface area contributed by atoms with Gasteiger partial charge in [-0.05, 0) is 49.7 Å². The van der Waals surface area contributed by atoms with E-state index < -0.39 is 11.2 Å². The van der Waals surface area contributed by atoms with Crippen LogP contribution in [0.3, 0.4) is 0 Å². The molecule has 6 rings (SSSR count). The van der Waals surface area contributed by atoms with Crippen LogP contribution in [0.4, 0.5) is 0 Å². The van der Waals surface area contributed by atoms with Crippen molar-refractivity contribution >= 4 is 0 Å². The molecule has 3 fully saturated rings. The topological polar surface area (TPSA) is 75.0 Å². The second-order valence-electron chi connectivity index (χ2n) is 12.0. The molecule has 1 aromatic carbocycles. The zero-order valence-electron chi connectivity index (χ0n) is 20.0. The Kier molecular flexibility index (Phi) is 3.70. The summed E-state index contributed by atoms with van der Waals surface area (Å²) in [7, 11) is 3.48. The number of likely N-dealkylation sites (tertiary alicyclic amines) is 1. The van der Waals surface area contributed by atoms with Crippen LogP contribution in [-0.2, 0) is 16.6 Å². The van der Waals surface area contributed by atoms with Crippen LogP contribution in [-0.4, -0.2) is 54.1 Å². The number of ether oxygens (including phenoxy) is 3. The van der Waals surface area contributed by atoms with E-state index in [9.17, 15) is 10.4 Å². The van der Waals surface area contributed by atoms with Crippen LogP contribution >= 0.6 is 0 Å². The number of benzene rings is 1. The van der Waals surface area contributed by atoms with E-state index in [4.69, 9.17) is 14.2 Å². The molecule has 2 spiro atoms. The van der Waals surface area contributed by atoms with Crippen LogP contribution in [0.1, 0.15) is 58.1 Å². The predicted molar refractivity (Wildman–Crippen MR) is 118 cm³/mol. The van der Waals surface area contributed by atoms with E-state index in [0.717, 1.165) is 43.7 Å². The Morgan fingerprint density at radius 3 is 2.62 bits per heavy atom. The van der Waals surface area contributed by atoms with E-state index in [1.165, 1.54) is 11.1 Å². The first-order chi connectivity index (χ1) is 15.0. The molecular weight excluding hydrogens is 404 g/mol. The number of nitrogens with zero attached hydrogens (tertiary/aromatic N) is 2. The number of hydrogen-bond donors (Lipinski definition) is 1. The maximum Gasteiger partial charge on any atom is 0.179 e. The van der Waals surface area contributed by atoms with Crippen molar-refractivity contribution in [3.05, 3.63) is 23.3 Å². The van der Waals surface area contributed by atoms with Gasteiger partial charge in [-0.25, -0.2) is 0 Å². The van der Waals surface area contributed by atoms with Gasteiger partial charge in [-0.1, -0.05) is 26.8 Å². The van der Waals surface area contributed by atoms with Crippen LogP contribution in [0.5, 0.6) is 11.5 Å². The molecule has 1 aromatic rings. The van der Waals surface area contributed by atoms with Gasteiger partial charge in [0.05, 0.1) is 12.7 Å². The van der Waals surface area contributed by atoms with Crippen molar-refractivity contribution in [2.75, 3.05) is 20.8 Å². The van der Waals surface area contributed by atoms with E-state index in [2.05, 4.69) is 33.0 Å². The molecule has 7 atom stereocenters. The Balaban J connectivity index is 1.64. The number of rotatable bonds is 3. The first-order valence-electron chi connectivity index (χ1n) is 11.8. The number of methoxy groups -OCH3 is 2. The highest BCUT2D eigenvalue weighted by Gasteiger charge is 2.86. The quantitative estimate of drug-likeness (QED) is 0.729. The monoisotopic (exact) mass is 438 g/mol. The molecule has 3 unspecified atom stereocenters. The minimum absolute atomic E-state index is 0.0944. The van der Waals surface area contributed by atoms with E-state index in [1.807, 2.05) is 17.9 Å². The maximum atomic E-state index is 12.0. The molecule has 32 heavy (non-hydrogen) atoms. The summed E-state index contributed by atoms with van der Waals surface area (Å²) in [6.07, 6.45) is 5.66. The Hall–Kier alpha value is -1.97. The molecule has 172 valence electrons. The number of fused-ring (bicyclic) bond motifs is 2. The molecule has 3 aliphatic carbocycles. The van der Waals surface area contributed by atoms with Crippen LogP contribution in [0, 0.1) is 28.2 Å². The van der Waals surface area contributed by atoms with Crippen molar-refractivity contribution in [2.45, 2.75) is 82.1 Å². The highest BCUT2D eigenvalue weighted by Crippen LogP contribution is 2.81. The smallest absolute Gasteiger partial charge is 0.179 e. The minimum atomic E-state index is -0.956. The standard InChI is InChI=1S/C26H34N2O4/c1-22(2,3)23(4,29)17-12-24-13-26(17,31-6)21-25(24)9-10-28(14-27)18(24)11-15-7-8-16(30-5)20(32-21)19(15)25/h7-8,17-18,21,29H,9-13H2,1-6H3/t17-,18?,21-,23?,24+,25?,26-/m1/s1. The molecule has 1 saturated heterocycles. The SMILES string of the molecule is COc1ccc2c3c1O[C@@H]1C34CCN(C#N)C(C2)[C@@]42C[C@H](C(C)(O)C(C)(C)C)[C@]1(OC)C2. The summed E-state index contributed by atoms with van der Waals surface area (Å²) in [5.74, 6) is 1.54. The second-order valence-corrected chi connectivity index (χ2v) is 12.0. The van der Waals surface area contributed by atoms with Crippen molar-refractivity contribution in [1.82, 2.24) is 4.90 Å². The maximum absolute atomic E-state index is 12.0. The summed E-state index contributed by atoms with van der Waals surface area (Å²) in [6, 6.07) is 4.26. The number of hydrogen-bond acceptors (Lipinski definition) is 6. The zero-order chi connectivity index (χ0) is 22.9. The molecule has 2 saturated carbocycles. The van der Waals surface area contributed by atoms with Crippen LogP contribution in [0.25, 0.3) is 0 Å². The van der Waals surface area contributed by atoms with Crippen molar-refractivity contribution in [3.8, 4) is 17.7 Å². The number of nitriles is 1. The molecule has 0 aromatic heterocycles. The predicted octanol–water partition coefficient (Wildman–Crippen LogP) is 3.40. The van der Waals surface area contributed by atoms with E-state index in [-0.39, 0.29) is 34.3 Å². The molecule has 6 nitrogen and oxygen atoms in total. The lowest BCUT2D eigenvalue weighted by molar-refractivity contribution is -0.210. The number of aliphatic hydroxyl groups is 1. The molecule has 0 amide bonds. The van der Waals surface area contributed by atoms with Gasteiger partial charge < -0.3 is 24.2 Å². The summed E-state index contributed by atoms with van der Waals surface area (Å²) >= 11 is 0. The normalized spacial score (nSPS) is 42.2. The Labute approximate surface area is 190 Å². The highest BCUT2D eigenvalue weighted by atomic mass is 16.6. The lowest BCUT2D eigenvalue weighted by Crippen LogP contribution is -2.71. The third-order valence-corrected chi connectivity index (χ3v) is 10.5. The minimum Gasteiger partial charge on any atom is -0.493 e. The van der Waals surface area contributed by atoms with Gasteiger partial charge in [-0.15, -0.1) is 0 Å². The first-order valence-corrected chi connectivity index (χ1v) is 11.8. The van der Waals surface area contributed by atoms with Gasteiger partial charge in [0.1, 0.15) is 11.7 Å². The highest BCUT2D eigenvalue weighted by molar-refractivity contribution is 5.65. The van der Waals surface area contributed by atoms with Crippen LogP contribution in [0.15, 0.2) is 12.1 Å². The fourth-order valence-corrected chi connectivity index (χ4v) is 8.72. The summed E-state index contributed by atoms with van der Waals surface area (Å²) in [5.41, 5.74) is 0.286. The van der Waals surface area contributed by atoms with Gasteiger partial charge in [0.2, 0.25) is 0 Å². The molecule has 5 aliphatic rings. The second kappa shape index (κ2) is 5.74. The largest absolute Gasteiger partial charge is 0.493 e. The lowest BCUT2D eigenvalue weighted by Gasteiger charge is -2.62. The third kappa shape index (κ3) is 1.86. The summed E-state index contributed by atoms with van der Waals surface area (Å²) in [6.45, 7) is 9.01. The van der Waals surface area contributed by atoms with Crippen LogP contribution < -0.4 is 9.47 Å². The zero-order valence-corrected chi connectivity index (χ0v) is 20.0. The van der Waals surface area contributed by atoms with Crippen molar-refractivity contribution in [2.24, 2.45) is 16.7 Å². The van der Waals surface area contributed by atoms with E-state index >= 15 is 0 Å². The molecule has 4 bridgehead atoms. The Morgan fingerprint density at radius 1 is 1.25 bits per heavy atom. The molecule has 0 radical (unpaired) electrons. The van der Waals surface area contributed by atoms with Crippen LogP contribution in [0.2, 0.25) is 0 Å². The fraction of sp³-hybridized carbons (Fsp3) is 0.731. The van der Waals surface area contributed by atoms with Gasteiger partial charge in [0.25, 0.3) is 0 Å². The molecular formula is C26H34N2O4. The summed E-state index contributed by atoms with van der Waals surface area (Å²) in [5, 5.41) is 22.1. The Morgan fingerprint density at radius 2 is 2.00 bits per heavy atom. The van der Waals surface area contributed by atoms with Gasteiger partial charge in [0, 0.05) is 42.0 Å². The molecule has 1 N–H and O–H groups in total. The van der Waals surface area contributed by atoms with Gasteiger partial charge >= 0.3 is 0 Å². The summed E-state index contributed by atoms with van der Waals surface area (Å²) in [4.78, 5) is 2.01. The number of piperidine rings is 1. The third-order valence-electron chi connectivity index (χ3n) is 10.5. The van der Waals surface area contributed by atoms with Gasteiger partial charge in [-0.2, -0.15) is 5.26 Å². The lowest BCUT2D eigenvalue weighted by atomic mass is 9.46. The van der Waals surface area contributed by atoms with Crippen molar-refractivity contribution in [1.29, 1.82) is 5.26 Å². The van der Waals surface area contributed by atoms with E-state index in [0.29, 0.717) is 0 Å². The van der Waals surface area contributed by atoms with Crippen molar-refractivity contribution in [3.63, 3.8) is 0 Å².